The minimum Gasteiger partial charge on any atom is -0.497 e. The first-order valence-corrected chi connectivity index (χ1v) is 7.91. The van der Waals surface area contributed by atoms with Gasteiger partial charge in [0, 0.05) is 18.6 Å². The Kier molecular flexibility index (Phi) is 6.03. The lowest BCUT2D eigenvalue weighted by Gasteiger charge is -2.35. The van der Waals surface area contributed by atoms with Crippen molar-refractivity contribution in [1.82, 2.24) is 15.1 Å². The molecule has 0 radical (unpaired) electrons. The highest BCUT2D eigenvalue weighted by Crippen LogP contribution is 2.25. The molecule has 4 heteroatoms. The predicted octanol–water partition coefficient (Wildman–Crippen LogP) is 1.98. The van der Waals surface area contributed by atoms with Gasteiger partial charge in [-0.15, -0.1) is 0 Å². The summed E-state index contributed by atoms with van der Waals surface area (Å²) in [6, 6.07) is 9.33. The molecule has 1 fully saturated rings. The first kappa shape index (κ1) is 16.3. The van der Waals surface area contributed by atoms with Crippen molar-refractivity contribution in [2.75, 3.05) is 47.4 Å². The van der Waals surface area contributed by atoms with Crippen LogP contribution in [-0.4, -0.2) is 63.2 Å². The van der Waals surface area contributed by atoms with E-state index in [9.17, 15) is 0 Å². The zero-order valence-corrected chi connectivity index (χ0v) is 13.8. The van der Waals surface area contributed by atoms with Crippen LogP contribution in [0.15, 0.2) is 24.3 Å². The average molecular weight is 291 g/mol. The van der Waals surface area contributed by atoms with Crippen molar-refractivity contribution < 1.29 is 4.74 Å². The first-order chi connectivity index (χ1) is 10.2. The third-order valence-corrected chi connectivity index (χ3v) is 4.40. The molecule has 1 aromatic rings. The Balaban J connectivity index is 2.22. The van der Waals surface area contributed by atoms with Crippen molar-refractivity contribution in [2.24, 2.45) is 0 Å². The summed E-state index contributed by atoms with van der Waals surface area (Å²) in [5.74, 6) is 0.917. The molecule has 118 valence electrons. The summed E-state index contributed by atoms with van der Waals surface area (Å²) in [5.41, 5.74) is 1.34. The monoisotopic (exact) mass is 291 g/mol. The molecule has 1 heterocycles. The van der Waals surface area contributed by atoms with Crippen LogP contribution < -0.4 is 10.1 Å². The predicted molar refractivity (Wildman–Crippen MR) is 87.9 cm³/mol. The fourth-order valence-electron chi connectivity index (χ4n) is 3.17. The molecule has 0 aliphatic carbocycles. The largest absolute Gasteiger partial charge is 0.497 e. The van der Waals surface area contributed by atoms with Crippen molar-refractivity contribution in [1.29, 1.82) is 0 Å². The van der Waals surface area contributed by atoms with Crippen LogP contribution in [0.1, 0.15) is 24.9 Å². The fourth-order valence-corrected chi connectivity index (χ4v) is 3.17. The molecule has 2 rings (SSSR count). The number of methoxy groups -OCH3 is 1. The van der Waals surface area contributed by atoms with E-state index in [1.165, 1.54) is 18.5 Å². The Labute approximate surface area is 129 Å². The number of hydrogen-bond donors (Lipinski definition) is 1. The molecular weight excluding hydrogens is 262 g/mol. The summed E-state index contributed by atoms with van der Waals surface area (Å²) in [6.45, 7) is 6.59. The molecule has 1 aromatic carbocycles. The lowest BCUT2D eigenvalue weighted by molar-refractivity contribution is 0.179. The summed E-state index contributed by atoms with van der Waals surface area (Å²) in [7, 11) is 6.19. The summed E-state index contributed by atoms with van der Waals surface area (Å²) in [4.78, 5) is 4.95. The molecule has 0 amide bonds. The summed E-state index contributed by atoms with van der Waals surface area (Å²) >= 11 is 0. The molecule has 2 unspecified atom stereocenters. The number of hydrogen-bond acceptors (Lipinski definition) is 4. The van der Waals surface area contributed by atoms with Crippen LogP contribution in [0.3, 0.4) is 0 Å². The van der Waals surface area contributed by atoms with Gasteiger partial charge in [-0.1, -0.05) is 19.1 Å². The zero-order chi connectivity index (χ0) is 15.2. The van der Waals surface area contributed by atoms with Crippen LogP contribution >= 0.6 is 0 Å². The molecule has 0 bridgehead atoms. The quantitative estimate of drug-likeness (QED) is 0.898. The van der Waals surface area contributed by atoms with Gasteiger partial charge in [0.2, 0.25) is 0 Å². The number of ether oxygens (including phenoxy) is 1. The van der Waals surface area contributed by atoms with Crippen LogP contribution in [0, 0.1) is 0 Å². The molecule has 1 saturated heterocycles. The second-order valence-corrected chi connectivity index (χ2v) is 5.97. The van der Waals surface area contributed by atoms with Crippen LogP contribution in [0.2, 0.25) is 0 Å². The van der Waals surface area contributed by atoms with E-state index in [2.05, 4.69) is 60.4 Å². The normalized spacial score (nSPS) is 22.8. The standard InChI is InChI=1S/C17H29N3O/c1-5-18-17(14-7-9-15(21-4)10-8-14)16-13-19(2)11-6-12-20(16)3/h7-10,16-18H,5-6,11-13H2,1-4H3. The number of nitrogens with zero attached hydrogens (tertiary/aromatic N) is 2. The van der Waals surface area contributed by atoms with Crippen LogP contribution in [0.5, 0.6) is 5.75 Å². The summed E-state index contributed by atoms with van der Waals surface area (Å²) < 4.78 is 5.27. The number of benzene rings is 1. The van der Waals surface area contributed by atoms with Gasteiger partial charge in [-0.2, -0.15) is 0 Å². The highest BCUT2D eigenvalue weighted by Gasteiger charge is 2.29. The Morgan fingerprint density at radius 1 is 1.24 bits per heavy atom. The maximum Gasteiger partial charge on any atom is 0.118 e. The van der Waals surface area contributed by atoms with E-state index in [1.54, 1.807) is 7.11 Å². The van der Waals surface area contributed by atoms with E-state index in [0.29, 0.717) is 12.1 Å². The van der Waals surface area contributed by atoms with Crippen LogP contribution in [-0.2, 0) is 0 Å². The Hall–Kier alpha value is -1.10. The second kappa shape index (κ2) is 7.78. The van der Waals surface area contributed by atoms with Crippen molar-refractivity contribution in [2.45, 2.75) is 25.4 Å². The van der Waals surface area contributed by atoms with Gasteiger partial charge < -0.3 is 19.9 Å². The Morgan fingerprint density at radius 3 is 2.57 bits per heavy atom. The fraction of sp³-hybridized carbons (Fsp3) is 0.647. The van der Waals surface area contributed by atoms with Crippen LogP contribution in [0.4, 0.5) is 0 Å². The summed E-state index contributed by atoms with van der Waals surface area (Å²) in [6.07, 6.45) is 1.24. The molecule has 4 nitrogen and oxygen atoms in total. The molecule has 1 aliphatic heterocycles. The second-order valence-electron chi connectivity index (χ2n) is 5.97. The minimum atomic E-state index is 0.353. The van der Waals surface area contributed by atoms with E-state index in [-0.39, 0.29) is 0 Å². The number of nitrogens with one attached hydrogen (secondary N) is 1. The molecule has 0 saturated carbocycles. The van der Waals surface area contributed by atoms with Gasteiger partial charge in [-0.05, 0) is 57.8 Å². The van der Waals surface area contributed by atoms with Gasteiger partial charge in [0.1, 0.15) is 5.75 Å². The third-order valence-electron chi connectivity index (χ3n) is 4.40. The van der Waals surface area contributed by atoms with E-state index < -0.39 is 0 Å². The SMILES string of the molecule is CCNC(c1ccc(OC)cc1)C1CN(C)CCCN1C. The molecule has 2 atom stereocenters. The topological polar surface area (TPSA) is 27.7 Å². The number of rotatable bonds is 5. The Morgan fingerprint density at radius 2 is 1.95 bits per heavy atom. The maximum absolute atomic E-state index is 5.27. The highest BCUT2D eigenvalue weighted by molar-refractivity contribution is 5.30. The molecule has 21 heavy (non-hydrogen) atoms. The first-order valence-electron chi connectivity index (χ1n) is 7.91. The smallest absolute Gasteiger partial charge is 0.118 e. The van der Waals surface area contributed by atoms with E-state index >= 15 is 0 Å². The van der Waals surface area contributed by atoms with E-state index in [0.717, 1.165) is 25.4 Å². The molecule has 0 aromatic heterocycles. The molecule has 0 spiro atoms. The van der Waals surface area contributed by atoms with Gasteiger partial charge in [0.15, 0.2) is 0 Å². The Bertz CT molecular complexity index is 421. The zero-order valence-electron chi connectivity index (χ0n) is 13.8. The van der Waals surface area contributed by atoms with E-state index in [1.807, 2.05) is 0 Å². The summed E-state index contributed by atoms with van der Waals surface area (Å²) in [5, 5.41) is 3.68. The number of likely N-dealkylation sites (N-methyl/N-ethyl adjacent to an activating group) is 3. The van der Waals surface area contributed by atoms with Gasteiger partial charge >= 0.3 is 0 Å². The van der Waals surface area contributed by atoms with Crippen molar-refractivity contribution in [3.05, 3.63) is 29.8 Å². The van der Waals surface area contributed by atoms with Gasteiger partial charge in [0.05, 0.1) is 7.11 Å². The molecule has 1 aliphatic rings. The third kappa shape index (κ3) is 4.19. The lowest BCUT2D eigenvalue weighted by Crippen LogP contribution is -2.47. The maximum atomic E-state index is 5.27. The van der Waals surface area contributed by atoms with E-state index in [4.69, 9.17) is 4.74 Å². The highest BCUT2D eigenvalue weighted by atomic mass is 16.5. The van der Waals surface area contributed by atoms with Gasteiger partial charge in [-0.25, -0.2) is 0 Å². The lowest BCUT2D eigenvalue weighted by atomic mass is 9.97. The molecule has 1 N–H and O–H groups in total. The van der Waals surface area contributed by atoms with Gasteiger partial charge in [-0.3, -0.25) is 0 Å². The van der Waals surface area contributed by atoms with Crippen LogP contribution in [0.25, 0.3) is 0 Å². The minimum absolute atomic E-state index is 0.353. The van der Waals surface area contributed by atoms with Crippen molar-refractivity contribution in [3.63, 3.8) is 0 Å². The average Bonchev–Trinajstić information content (AvgIpc) is 2.66. The van der Waals surface area contributed by atoms with Gasteiger partial charge in [0.25, 0.3) is 0 Å². The van der Waals surface area contributed by atoms with Crippen molar-refractivity contribution in [3.8, 4) is 5.75 Å². The van der Waals surface area contributed by atoms with Crippen molar-refractivity contribution >= 4 is 0 Å². The molecular formula is C17H29N3O.